The number of thiazole rings is 1. The summed E-state index contributed by atoms with van der Waals surface area (Å²) in [5, 5.41) is 2.76. The van der Waals surface area contributed by atoms with E-state index in [0.717, 1.165) is 5.69 Å². The molecule has 1 heterocycles. The maximum Gasteiger partial charge on any atom is 0.265 e. The number of aryl methyl sites for hydroxylation is 1. The minimum atomic E-state index is -3.57. The second-order valence-corrected chi connectivity index (χ2v) is 6.94. The summed E-state index contributed by atoms with van der Waals surface area (Å²) in [4.78, 5) is 4.36. The molecule has 0 N–H and O–H groups in total. The van der Waals surface area contributed by atoms with Gasteiger partial charge in [-0.1, -0.05) is 11.6 Å². The van der Waals surface area contributed by atoms with Gasteiger partial charge in [0.25, 0.3) is 10.0 Å². The van der Waals surface area contributed by atoms with Crippen molar-refractivity contribution in [3.63, 3.8) is 0 Å². The fourth-order valence-electron chi connectivity index (χ4n) is 1.35. The first-order valence-corrected chi connectivity index (χ1v) is 7.77. The van der Waals surface area contributed by atoms with Gasteiger partial charge in [0, 0.05) is 17.5 Å². The van der Waals surface area contributed by atoms with E-state index in [1.165, 1.54) is 34.8 Å². The van der Waals surface area contributed by atoms with Crippen LogP contribution in [0.15, 0.2) is 34.5 Å². The fourth-order valence-corrected chi connectivity index (χ4v) is 3.62. The van der Waals surface area contributed by atoms with Crippen LogP contribution in [-0.2, 0) is 10.0 Å². The zero-order valence-electron chi connectivity index (χ0n) is 9.79. The van der Waals surface area contributed by atoms with E-state index < -0.39 is 10.0 Å². The number of hydrogen-bond donors (Lipinski definition) is 0. The molecule has 0 amide bonds. The highest BCUT2D eigenvalue weighted by atomic mass is 35.5. The van der Waals surface area contributed by atoms with Gasteiger partial charge in [0.2, 0.25) is 0 Å². The first-order valence-electron chi connectivity index (χ1n) is 5.08. The zero-order valence-corrected chi connectivity index (χ0v) is 12.2. The van der Waals surface area contributed by atoms with Crippen LogP contribution in [0.25, 0.3) is 0 Å². The molecule has 0 saturated heterocycles. The molecule has 1 aromatic carbocycles. The topological polar surface area (TPSA) is 50.3 Å². The molecular formula is C11H11ClN2O2S2. The van der Waals surface area contributed by atoms with Crippen molar-refractivity contribution in [2.24, 2.45) is 0 Å². The molecule has 18 heavy (non-hydrogen) atoms. The van der Waals surface area contributed by atoms with Crippen molar-refractivity contribution in [3.05, 3.63) is 40.4 Å². The number of halogens is 1. The van der Waals surface area contributed by atoms with Crippen molar-refractivity contribution < 1.29 is 8.42 Å². The van der Waals surface area contributed by atoms with E-state index in [0.29, 0.717) is 10.2 Å². The molecule has 2 aromatic rings. The number of anilines is 1. The number of benzene rings is 1. The monoisotopic (exact) mass is 302 g/mol. The van der Waals surface area contributed by atoms with Gasteiger partial charge in [-0.05, 0) is 31.2 Å². The van der Waals surface area contributed by atoms with Crippen LogP contribution in [0.3, 0.4) is 0 Å². The highest BCUT2D eigenvalue weighted by Crippen LogP contribution is 2.25. The van der Waals surface area contributed by atoms with Gasteiger partial charge in [0.05, 0.1) is 10.6 Å². The molecule has 4 nitrogen and oxygen atoms in total. The van der Waals surface area contributed by atoms with E-state index in [4.69, 9.17) is 11.6 Å². The molecule has 0 aliphatic carbocycles. The second kappa shape index (κ2) is 4.87. The number of aromatic nitrogens is 1. The molecule has 96 valence electrons. The SMILES string of the molecule is Cc1csc(N(C)S(=O)(=O)c2ccc(Cl)cc2)n1. The second-order valence-electron chi connectivity index (χ2n) is 3.70. The van der Waals surface area contributed by atoms with Crippen LogP contribution in [0, 0.1) is 6.92 Å². The molecule has 7 heteroatoms. The smallest absolute Gasteiger partial charge is 0.244 e. The van der Waals surface area contributed by atoms with E-state index in [9.17, 15) is 8.42 Å². The third-order valence-corrected chi connectivity index (χ3v) is 5.51. The molecule has 2 rings (SSSR count). The van der Waals surface area contributed by atoms with Crippen LogP contribution in [-0.4, -0.2) is 20.4 Å². The van der Waals surface area contributed by atoms with Gasteiger partial charge in [0.15, 0.2) is 5.13 Å². The van der Waals surface area contributed by atoms with Gasteiger partial charge in [0.1, 0.15) is 0 Å². The average molecular weight is 303 g/mol. The van der Waals surface area contributed by atoms with Crippen LogP contribution in [0.4, 0.5) is 5.13 Å². The average Bonchev–Trinajstić information content (AvgIpc) is 2.75. The molecule has 0 aliphatic rings. The maximum absolute atomic E-state index is 12.3. The molecule has 1 aromatic heterocycles. The standard InChI is InChI=1S/C11H11ClN2O2S2/c1-8-7-17-11(13-8)14(2)18(15,16)10-5-3-9(12)4-6-10/h3-7H,1-2H3. The van der Waals surface area contributed by atoms with E-state index >= 15 is 0 Å². The van der Waals surface area contributed by atoms with E-state index in [1.807, 2.05) is 12.3 Å². The lowest BCUT2D eigenvalue weighted by Gasteiger charge is -2.16. The van der Waals surface area contributed by atoms with Crippen molar-refractivity contribution in [1.29, 1.82) is 0 Å². The summed E-state index contributed by atoms with van der Waals surface area (Å²) in [7, 11) is -2.08. The predicted molar refractivity (Wildman–Crippen MR) is 73.9 cm³/mol. The summed E-state index contributed by atoms with van der Waals surface area (Å²) >= 11 is 7.03. The molecular weight excluding hydrogens is 292 g/mol. The molecule has 0 saturated carbocycles. The molecule has 0 aliphatic heterocycles. The number of rotatable bonds is 3. The molecule has 0 spiro atoms. The summed E-state index contributed by atoms with van der Waals surface area (Å²) in [5.41, 5.74) is 0.799. The predicted octanol–water partition coefficient (Wildman–Crippen LogP) is 2.93. The fraction of sp³-hybridized carbons (Fsp3) is 0.182. The number of hydrogen-bond acceptors (Lipinski definition) is 4. The summed E-state index contributed by atoms with van der Waals surface area (Å²) in [6, 6.07) is 6.06. The van der Waals surface area contributed by atoms with E-state index in [1.54, 1.807) is 12.1 Å². The van der Waals surface area contributed by atoms with Crippen LogP contribution in [0.5, 0.6) is 0 Å². The quantitative estimate of drug-likeness (QED) is 0.876. The maximum atomic E-state index is 12.3. The summed E-state index contributed by atoms with van der Waals surface area (Å²) in [6.07, 6.45) is 0. The molecule has 0 fully saturated rings. The highest BCUT2D eigenvalue weighted by Gasteiger charge is 2.23. The third kappa shape index (κ3) is 2.50. The molecule has 0 unspecified atom stereocenters. The molecule has 0 atom stereocenters. The first kappa shape index (κ1) is 13.3. The molecule has 0 radical (unpaired) electrons. The van der Waals surface area contributed by atoms with Crippen molar-refractivity contribution in [2.45, 2.75) is 11.8 Å². The first-order chi connectivity index (χ1) is 8.41. The lowest BCUT2D eigenvalue weighted by Crippen LogP contribution is -2.26. The van der Waals surface area contributed by atoms with Crippen molar-refractivity contribution in [1.82, 2.24) is 4.98 Å². The number of sulfonamides is 1. The minimum Gasteiger partial charge on any atom is -0.244 e. The largest absolute Gasteiger partial charge is 0.265 e. The Balaban J connectivity index is 2.39. The van der Waals surface area contributed by atoms with Gasteiger partial charge >= 0.3 is 0 Å². The van der Waals surface area contributed by atoms with Gasteiger partial charge in [-0.15, -0.1) is 11.3 Å². The van der Waals surface area contributed by atoms with Crippen LogP contribution in [0.2, 0.25) is 5.02 Å². The van der Waals surface area contributed by atoms with Crippen molar-refractivity contribution >= 4 is 38.1 Å². The van der Waals surface area contributed by atoms with Gasteiger partial charge in [-0.25, -0.2) is 17.7 Å². The zero-order chi connectivity index (χ0) is 13.3. The van der Waals surface area contributed by atoms with Crippen molar-refractivity contribution in [3.8, 4) is 0 Å². The van der Waals surface area contributed by atoms with Crippen LogP contribution < -0.4 is 4.31 Å². The highest BCUT2D eigenvalue weighted by molar-refractivity contribution is 7.93. The third-order valence-electron chi connectivity index (χ3n) is 2.35. The lowest BCUT2D eigenvalue weighted by atomic mass is 10.4. The summed E-state index contributed by atoms with van der Waals surface area (Å²) in [6.45, 7) is 1.82. The Bertz CT molecular complexity index is 650. The van der Waals surface area contributed by atoms with Crippen LogP contribution >= 0.6 is 22.9 Å². The molecule has 0 bridgehead atoms. The van der Waals surface area contributed by atoms with Crippen LogP contribution in [0.1, 0.15) is 5.69 Å². The Kier molecular flexibility index (Phi) is 3.61. The Morgan fingerprint density at radius 1 is 1.28 bits per heavy atom. The van der Waals surface area contributed by atoms with Crippen molar-refractivity contribution in [2.75, 3.05) is 11.4 Å². The minimum absolute atomic E-state index is 0.197. The Labute approximate surface area is 115 Å². The van der Waals surface area contributed by atoms with Gasteiger partial charge < -0.3 is 0 Å². The Hall–Kier alpha value is -1.11. The number of nitrogens with zero attached hydrogens (tertiary/aromatic N) is 2. The van der Waals surface area contributed by atoms with Gasteiger partial charge in [-0.2, -0.15) is 0 Å². The van der Waals surface area contributed by atoms with E-state index in [2.05, 4.69) is 4.98 Å². The van der Waals surface area contributed by atoms with Gasteiger partial charge in [-0.3, -0.25) is 0 Å². The Morgan fingerprint density at radius 3 is 2.39 bits per heavy atom. The summed E-state index contributed by atoms with van der Waals surface area (Å²) in [5.74, 6) is 0. The lowest BCUT2D eigenvalue weighted by molar-refractivity contribution is 0.594. The Morgan fingerprint density at radius 2 is 1.89 bits per heavy atom. The summed E-state index contributed by atoms with van der Waals surface area (Å²) < 4.78 is 25.8. The van der Waals surface area contributed by atoms with E-state index in [-0.39, 0.29) is 4.90 Å². The normalized spacial score (nSPS) is 11.5.